The third kappa shape index (κ3) is 3.19. The van der Waals surface area contributed by atoms with E-state index in [1.54, 1.807) is 11.8 Å². The molecule has 1 heterocycles. The van der Waals surface area contributed by atoms with Crippen molar-refractivity contribution >= 4 is 34.1 Å². The standard InChI is InChI=1S/C6H10N4OS2/c1-12-3-2-8-4(11)5-9-10-6(7)13-5/h2-3H2,1H3,(H2,7,10)(H,8,11). The van der Waals surface area contributed by atoms with E-state index in [-0.39, 0.29) is 5.91 Å². The van der Waals surface area contributed by atoms with Crippen molar-refractivity contribution in [3.63, 3.8) is 0 Å². The Hall–Kier alpha value is -0.820. The van der Waals surface area contributed by atoms with Gasteiger partial charge in [0.15, 0.2) is 0 Å². The molecule has 0 spiro atoms. The van der Waals surface area contributed by atoms with Crippen LogP contribution < -0.4 is 11.1 Å². The zero-order chi connectivity index (χ0) is 9.68. The van der Waals surface area contributed by atoms with Crippen LogP contribution in [0.2, 0.25) is 0 Å². The van der Waals surface area contributed by atoms with E-state index in [1.165, 1.54) is 0 Å². The smallest absolute Gasteiger partial charge is 0.282 e. The van der Waals surface area contributed by atoms with Crippen LogP contribution in [0.15, 0.2) is 0 Å². The highest BCUT2D eigenvalue weighted by Gasteiger charge is 2.09. The van der Waals surface area contributed by atoms with Crippen LogP contribution in [-0.4, -0.2) is 34.7 Å². The van der Waals surface area contributed by atoms with Gasteiger partial charge in [0, 0.05) is 12.3 Å². The largest absolute Gasteiger partial charge is 0.374 e. The molecular formula is C6H10N4OS2. The summed E-state index contributed by atoms with van der Waals surface area (Å²) in [5.74, 6) is 0.684. The fourth-order valence-electron chi connectivity index (χ4n) is 0.669. The molecule has 0 aliphatic rings. The number of nitrogens with two attached hydrogens (primary N) is 1. The number of hydrogen-bond donors (Lipinski definition) is 2. The highest BCUT2D eigenvalue weighted by molar-refractivity contribution is 7.98. The second kappa shape index (κ2) is 5.03. The van der Waals surface area contributed by atoms with Crippen LogP contribution in [-0.2, 0) is 0 Å². The fraction of sp³-hybridized carbons (Fsp3) is 0.500. The third-order valence-electron chi connectivity index (χ3n) is 1.23. The second-order valence-electron chi connectivity index (χ2n) is 2.19. The summed E-state index contributed by atoms with van der Waals surface area (Å²) in [6, 6.07) is 0. The van der Waals surface area contributed by atoms with Gasteiger partial charge < -0.3 is 11.1 Å². The van der Waals surface area contributed by atoms with Crippen molar-refractivity contribution in [3.05, 3.63) is 5.01 Å². The summed E-state index contributed by atoms with van der Waals surface area (Å²) < 4.78 is 0. The number of hydrogen-bond acceptors (Lipinski definition) is 6. The molecule has 0 bridgehead atoms. The van der Waals surface area contributed by atoms with E-state index in [1.807, 2.05) is 6.26 Å². The normalized spacial score (nSPS) is 9.92. The number of rotatable bonds is 4. The highest BCUT2D eigenvalue weighted by atomic mass is 32.2. The van der Waals surface area contributed by atoms with Crippen LogP contribution >= 0.6 is 23.1 Å². The molecular weight excluding hydrogens is 208 g/mol. The van der Waals surface area contributed by atoms with Gasteiger partial charge in [-0.05, 0) is 6.26 Å². The monoisotopic (exact) mass is 218 g/mol. The molecule has 1 aromatic heterocycles. The van der Waals surface area contributed by atoms with E-state index in [0.717, 1.165) is 17.1 Å². The number of carbonyl (C=O) groups excluding carboxylic acids is 1. The molecule has 72 valence electrons. The first-order valence-electron chi connectivity index (χ1n) is 3.60. The zero-order valence-electron chi connectivity index (χ0n) is 7.11. The molecule has 0 unspecified atom stereocenters. The number of aromatic nitrogens is 2. The maximum absolute atomic E-state index is 11.3. The maximum Gasteiger partial charge on any atom is 0.282 e. The molecule has 0 aliphatic carbocycles. The number of nitrogen functional groups attached to an aromatic ring is 1. The fourth-order valence-corrected chi connectivity index (χ4v) is 1.50. The summed E-state index contributed by atoms with van der Waals surface area (Å²) >= 11 is 2.76. The molecule has 5 nitrogen and oxygen atoms in total. The molecule has 1 rings (SSSR count). The minimum Gasteiger partial charge on any atom is -0.374 e. The molecule has 13 heavy (non-hydrogen) atoms. The Morgan fingerprint density at radius 2 is 2.46 bits per heavy atom. The summed E-state index contributed by atoms with van der Waals surface area (Å²) in [5.41, 5.74) is 5.33. The van der Waals surface area contributed by atoms with Gasteiger partial charge in [-0.3, -0.25) is 4.79 Å². The van der Waals surface area contributed by atoms with Gasteiger partial charge in [-0.25, -0.2) is 0 Å². The molecule has 0 atom stereocenters. The number of amides is 1. The molecule has 0 aromatic carbocycles. The van der Waals surface area contributed by atoms with Crippen molar-refractivity contribution in [2.24, 2.45) is 0 Å². The lowest BCUT2D eigenvalue weighted by Gasteiger charge is -1.98. The third-order valence-corrected chi connectivity index (χ3v) is 2.59. The Balaban J connectivity index is 2.40. The van der Waals surface area contributed by atoms with Gasteiger partial charge in [-0.2, -0.15) is 11.8 Å². The summed E-state index contributed by atoms with van der Waals surface area (Å²) in [7, 11) is 0. The van der Waals surface area contributed by atoms with Crippen molar-refractivity contribution in [1.82, 2.24) is 15.5 Å². The summed E-state index contributed by atoms with van der Waals surface area (Å²) in [5, 5.41) is 10.5. The van der Waals surface area contributed by atoms with Crippen LogP contribution in [0.1, 0.15) is 9.80 Å². The van der Waals surface area contributed by atoms with Gasteiger partial charge >= 0.3 is 0 Å². The second-order valence-corrected chi connectivity index (χ2v) is 4.19. The number of anilines is 1. The zero-order valence-corrected chi connectivity index (χ0v) is 8.74. The molecule has 1 aromatic rings. The molecule has 7 heteroatoms. The number of thioether (sulfide) groups is 1. The Kier molecular flexibility index (Phi) is 3.97. The van der Waals surface area contributed by atoms with Gasteiger partial charge in [0.1, 0.15) is 0 Å². The SMILES string of the molecule is CSCCNC(=O)c1nnc(N)s1. The maximum atomic E-state index is 11.3. The lowest BCUT2D eigenvalue weighted by atomic mass is 10.6. The summed E-state index contributed by atoms with van der Waals surface area (Å²) in [6.45, 7) is 0.638. The van der Waals surface area contributed by atoms with Crippen molar-refractivity contribution in [1.29, 1.82) is 0 Å². The molecule has 1 amide bonds. The molecule has 0 fully saturated rings. The molecule has 0 aliphatic heterocycles. The lowest BCUT2D eigenvalue weighted by molar-refractivity contribution is 0.0955. The van der Waals surface area contributed by atoms with Crippen molar-refractivity contribution < 1.29 is 4.79 Å². The molecule has 0 radical (unpaired) electrons. The van der Waals surface area contributed by atoms with Crippen LogP contribution in [0.4, 0.5) is 5.13 Å². The van der Waals surface area contributed by atoms with E-state index >= 15 is 0 Å². The van der Waals surface area contributed by atoms with E-state index in [2.05, 4.69) is 15.5 Å². The first-order valence-corrected chi connectivity index (χ1v) is 5.81. The predicted molar refractivity (Wildman–Crippen MR) is 55.0 cm³/mol. The number of nitrogens with zero attached hydrogens (tertiary/aromatic N) is 2. The minimum atomic E-state index is -0.205. The average Bonchev–Trinajstić information content (AvgIpc) is 2.52. The minimum absolute atomic E-state index is 0.205. The van der Waals surface area contributed by atoms with Gasteiger partial charge in [0.25, 0.3) is 5.91 Å². The summed E-state index contributed by atoms with van der Waals surface area (Å²) in [6.07, 6.45) is 1.98. The van der Waals surface area contributed by atoms with Crippen LogP contribution in [0.5, 0.6) is 0 Å². The first-order chi connectivity index (χ1) is 6.24. The Bertz CT molecular complexity index is 288. The van der Waals surface area contributed by atoms with E-state index < -0.39 is 0 Å². The topological polar surface area (TPSA) is 80.9 Å². The van der Waals surface area contributed by atoms with Crippen LogP contribution in [0, 0.1) is 0 Å². The average molecular weight is 218 g/mol. The van der Waals surface area contributed by atoms with E-state index in [9.17, 15) is 4.79 Å². The van der Waals surface area contributed by atoms with E-state index in [4.69, 9.17) is 5.73 Å². The van der Waals surface area contributed by atoms with Crippen molar-refractivity contribution in [2.45, 2.75) is 0 Å². The quantitative estimate of drug-likeness (QED) is 0.706. The van der Waals surface area contributed by atoms with E-state index in [0.29, 0.717) is 16.7 Å². The molecule has 3 N–H and O–H groups in total. The van der Waals surface area contributed by atoms with Crippen molar-refractivity contribution in [2.75, 3.05) is 24.3 Å². The Morgan fingerprint density at radius 1 is 1.69 bits per heavy atom. The lowest BCUT2D eigenvalue weighted by Crippen LogP contribution is -2.25. The Labute approximate surface area is 84.1 Å². The van der Waals surface area contributed by atoms with Crippen LogP contribution in [0.3, 0.4) is 0 Å². The number of carbonyl (C=O) groups is 1. The van der Waals surface area contributed by atoms with Gasteiger partial charge in [0.05, 0.1) is 0 Å². The number of nitrogens with one attached hydrogen (secondary N) is 1. The van der Waals surface area contributed by atoms with Gasteiger partial charge in [-0.15, -0.1) is 10.2 Å². The highest BCUT2D eigenvalue weighted by Crippen LogP contribution is 2.10. The first kappa shape index (κ1) is 10.3. The predicted octanol–water partition coefficient (Wildman–Crippen LogP) is 0.213. The van der Waals surface area contributed by atoms with Crippen LogP contribution in [0.25, 0.3) is 0 Å². The molecule has 0 saturated heterocycles. The van der Waals surface area contributed by atoms with Gasteiger partial charge in [0.2, 0.25) is 10.1 Å². The van der Waals surface area contributed by atoms with Gasteiger partial charge in [-0.1, -0.05) is 11.3 Å². The summed E-state index contributed by atoms with van der Waals surface area (Å²) in [4.78, 5) is 11.3. The Morgan fingerprint density at radius 3 is 3.00 bits per heavy atom. The van der Waals surface area contributed by atoms with Crippen molar-refractivity contribution in [3.8, 4) is 0 Å². The molecule has 0 saturated carbocycles.